The lowest BCUT2D eigenvalue weighted by Crippen LogP contribution is -2.14. The molecule has 1 aromatic heterocycles. The number of thioether (sulfide) groups is 1. The predicted molar refractivity (Wildman–Crippen MR) is 122 cm³/mol. The van der Waals surface area contributed by atoms with Crippen LogP contribution in [0.25, 0.3) is 11.0 Å². The Kier molecular flexibility index (Phi) is 6.52. The number of hydrogen-bond donors (Lipinski definition) is 1. The molecule has 0 unspecified atom stereocenters. The molecule has 0 atom stereocenters. The molecule has 0 fully saturated rings. The molecule has 1 N–H and O–H groups in total. The summed E-state index contributed by atoms with van der Waals surface area (Å²) in [6, 6.07) is 21.5. The van der Waals surface area contributed by atoms with E-state index >= 15 is 0 Å². The molecule has 0 saturated carbocycles. The van der Waals surface area contributed by atoms with Crippen molar-refractivity contribution >= 4 is 34.4 Å². The maximum absolute atomic E-state index is 13.3. The van der Waals surface area contributed by atoms with Crippen molar-refractivity contribution in [2.75, 3.05) is 17.7 Å². The molecule has 4 rings (SSSR count). The third kappa shape index (κ3) is 5.24. The second kappa shape index (κ2) is 9.66. The van der Waals surface area contributed by atoms with Crippen LogP contribution in [-0.4, -0.2) is 27.8 Å². The van der Waals surface area contributed by atoms with Crippen LogP contribution < -0.4 is 10.1 Å². The van der Waals surface area contributed by atoms with Crippen molar-refractivity contribution in [2.24, 2.45) is 0 Å². The number of fused-ring (bicyclic) bond motifs is 1. The number of amides is 1. The zero-order valence-corrected chi connectivity index (χ0v) is 17.9. The molecule has 0 radical (unpaired) electrons. The van der Waals surface area contributed by atoms with Gasteiger partial charge in [-0.3, -0.25) is 4.79 Å². The zero-order chi connectivity index (χ0) is 21.6. The van der Waals surface area contributed by atoms with E-state index in [2.05, 4.69) is 9.88 Å². The highest BCUT2D eigenvalue weighted by Gasteiger charge is 2.14. The number of para-hydroxylation sites is 2. The van der Waals surface area contributed by atoms with E-state index in [1.54, 1.807) is 12.1 Å². The molecule has 0 bridgehead atoms. The first-order valence-corrected chi connectivity index (χ1v) is 11.0. The fraction of sp³-hybridized carbons (Fsp3) is 0.167. The normalized spacial score (nSPS) is 10.9. The van der Waals surface area contributed by atoms with Crippen molar-refractivity contribution in [3.05, 3.63) is 84.2 Å². The van der Waals surface area contributed by atoms with Crippen LogP contribution in [0.5, 0.6) is 5.75 Å². The third-order valence-corrected chi connectivity index (χ3v) is 5.63. The van der Waals surface area contributed by atoms with E-state index in [1.807, 2.05) is 55.5 Å². The summed E-state index contributed by atoms with van der Waals surface area (Å²) >= 11 is 1.37. The first-order chi connectivity index (χ1) is 15.1. The Morgan fingerprint density at radius 2 is 1.81 bits per heavy atom. The van der Waals surface area contributed by atoms with E-state index in [4.69, 9.17) is 9.72 Å². The fourth-order valence-corrected chi connectivity index (χ4v) is 4.03. The molecule has 0 aliphatic carbocycles. The smallest absolute Gasteiger partial charge is 0.234 e. The highest BCUT2D eigenvalue weighted by Crippen LogP contribution is 2.26. The van der Waals surface area contributed by atoms with Crippen molar-refractivity contribution in [3.8, 4) is 5.75 Å². The maximum atomic E-state index is 13.3. The number of nitrogens with zero attached hydrogens (tertiary/aromatic N) is 2. The van der Waals surface area contributed by atoms with Crippen molar-refractivity contribution in [2.45, 2.75) is 18.6 Å². The largest absolute Gasteiger partial charge is 0.494 e. The van der Waals surface area contributed by atoms with Gasteiger partial charge in [-0.25, -0.2) is 9.37 Å². The second-order valence-corrected chi connectivity index (χ2v) is 7.83. The number of nitrogens with one attached hydrogen (secondary N) is 1. The average Bonchev–Trinajstić information content (AvgIpc) is 3.13. The van der Waals surface area contributed by atoms with Crippen LogP contribution in [0.2, 0.25) is 0 Å². The van der Waals surface area contributed by atoms with Gasteiger partial charge >= 0.3 is 0 Å². The molecule has 5 nitrogen and oxygen atoms in total. The number of aromatic nitrogens is 2. The van der Waals surface area contributed by atoms with Gasteiger partial charge in [0.05, 0.1) is 29.9 Å². The maximum Gasteiger partial charge on any atom is 0.234 e. The number of imidazole rings is 1. The highest BCUT2D eigenvalue weighted by molar-refractivity contribution is 7.99. The molecule has 0 aliphatic rings. The van der Waals surface area contributed by atoms with E-state index < -0.39 is 0 Å². The average molecular weight is 436 g/mol. The number of anilines is 1. The minimum atomic E-state index is -0.264. The van der Waals surface area contributed by atoms with Crippen LogP contribution in [-0.2, 0) is 11.3 Å². The Morgan fingerprint density at radius 1 is 1.06 bits per heavy atom. The van der Waals surface area contributed by atoms with Crippen LogP contribution in [0.3, 0.4) is 0 Å². The van der Waals surface area contributed by atoms with E-state index in [9.17, 15) is 9.18 Å². The van der Waals surface area contributed by atoms with E-state index in [0.29, 0.717) is 18.8 Å². The second-order valence-electron chi connectivity index (χ2n) is 6.89. The van der Waals surface area contributed by atoms with Gasteiger partial charge in [0.2, 0.25) is 5.91 Å². The van der Waals surface area contributed by atoms with Gasteiger partial charge < -0.3 is 14.6 Å². The number of hydrogen-bond acceptors (Lipinski definition) is 4. The third-order valence-electron chi connectivity index (χ3n) is 4.65. The summed E-state index contributed by atoms with van der Waals surface area (Å²) in [4.78, 5) is 17.2. The molecule has 0 spiro atoms. The molecule has 7 heteroatoms. The van der Waals surface area contributed by atoms with E-state index in [0.717, 1.165) is 27.5 Å². The van der Waals surface area contributed by atoms with Crippen molar-refractivity contribution < 1.29 is 13.9 Å². The molecule has 31 heavy (non-hydrogen) atoms. The molecule has 3 aromatic carbocycles. The number of rotatable bonds is 8. The minimum Gasteiger partial charge on any atom is -0.494 e. The van der Waals surface area contributed by atoms with Crippen molar-refractivity contribution in [1.82, 2.24) is 9.55 Å². The van der Waals surface area contributed by atoms with Crippen LogP contribution in [0, 0.1) is 5.82 Å². The van der Waals surface area contributed by atoms with Crippen LogP contribution in [0.1, 0.15) is 12.5 Å². The first-order valence-electron chi connectivity index (χ1n) is 9.97. The first kappa shape index (κ1) is 20.9. The van der Waals surface area contributed by atoms with Crippen molar-refractivity contribution in [1.29, 1.82) is 0 Å². The molecule has 1 amide bonds. The zero-order valence-electron chi connectivity index (χ0n) is 17.0. The fourth-order valence-electron chi connectivity index (χ4n) is 3.22. The standard InChI is InChI=1S/C24H22FN3O2S/c1-2-30-20-13-11-19(12-14-20)26-23(29)16-31-24-27-21-5-3-4-6-22(21)28(24)15-17-7-9-18(25)10-8-17/h3-14H,2,15-16H2,1H3,(H,26,29). The molecule has 4 aromatic rings. The number of carbonyl (C=O) groups excluding carboxylic acids is 1. The number of carbonyl (C=O) groups is 1. The molecular formula is C24H22FN3O2S. The Balaban J connectivity index is 1.47. The lowest BCUT2D eigenvalue weighted by atomic mass is 10.2. The van der Waals surface area contributed by atoms with Crippen LogP contribution >= 0.6 is 11.8 Å². The highest BCUT2D eigenvalue weighted by atomic mass is 32.2. The SMILES string of the molecule is CCOc1ccc(NC(=O)CSc2nc3ccccc3n2Cc2ccc(F)cc2)cc1. The Hall–Kier alpha value is -3.32. The van der Waals surface area contributed by atoms with Crippen LogP contribution in [0.15, 0.2) is 78.0 Å². The Labute approximate surface area is 184 Å². The number of ether oxygens (including phenoxy) is 1. The Morgan fingerprint density at radius 3 is 2.55 bits per heavy atom. The van der Waals surface area contributed by atoms with Gasteiger partial charge in [0.25, 0.3) is 0 Å². The summed E-state index contributed by atoms with van der Waals surface area (Å²) in [5.74, 6) is 0.610. The molecular weight excluding hydrogens is 413 g/mol. The molecule has 1 heterocycles. The van der Waals surface area contributed by atoms with Gasteiger partial charge in [-0.2, -0.15) is 0 Å². The summed E-state index contributed by atoms with van der Waals surface area (Å²) in [6.45, 7) is 3.07. The molecule has 0 saturated heterocycles. The summed E-state index contributed by atoms with van der Waals surface area (Å²) in [6.07, 6.45) is 0. The van der Waals surface area contributed by atoms with Gasteiger partial charge in [-0.15, -0.1) is 0 Å². The monoisotopic (exact) mass is 435 g/mol. The molecule has 158 valence electrons. The van der Waals surface area contributed by atoms with Crippen LogP contribution in [0.4, 0.5) is 10.1 Å². The van der Waals surface area contributed by atoms with Gasteiger partial charge in [0.1, 0.15) is 11.6 Å². The van der Waals surface area contributed by atoms with E-state index in [1.165, 1.54) is 23.9 Å². The summed E-state index contributed by atoms with van der Waals surface area (Å²) in [5, 5.41) is 3.64. The van der Waals surface area contributed by atoms with Gasteiger partial charge in [0.15, 0.2) is 5.16 Å². The van der Waals surface area contributed by atoms with Gasteiger partial charge in [-0.05, 0) is 61.0 Å². The minimum absolute atomic E-state index is 0.116. The Bertz CT molecular complexity index is 1170. The summed E-state index contributed by atoms with van der Waals surface area (Å²) < 4.78 is 20.7. The number of benzene rings is 3. The van der Waals surface area contributed by atoms with Gasteiger partial charge in [-0.1, -0.05) is 36.0 Å². The summed E-state index contributed by atoms with van der Waals surface area (Å²) in [7, 11) is 0. The predicted octanol–water partition coefficient (Wildman–Crippen LogP) is 5.35. The topological polar surface area (TPSA) is 56.1 Å². The molecule has 0 aliphatic heterocycles. The quantitative estimate of drug-likeness (QED) is 0.379. The lowest BCUT2D eigenvalue weighted by molar-refractivity contribution is -0.113. The summed E-state index contributed by atoms with van der Waals surface area (Å²) in [5.41, 5.74) is 3.51. The number of halogens is 1. The van der Waals surface area contributed by atoms with Crippen molar-refractivity contribution in [3.63, 3.8) is 0 Å². The van der Waals surface area contributed by atoms with E-state index in [-0.39, 0.29) is 17.5 Å². The van der Waals surface area contributed by atoms with Gasteiger partial charge in [0, 0.05) is 5.69 Å². The lowest BCUT2D eigenvalue weighted by Gasteiger charge is -2.10.